The van der Waals surface area contributed by atoms with Crippen molar-refractivity contribution in [3.05, 3.63) is 0 Å². The van der Waals surface area contributed by atoms with E-state index in [2.05, 4.69) is 19.2 Å². The van der Waals surface area contributed by atoms with Gasteiger partial charge in [0.05, 0.1) is 5.60 Å². The molecule has 1 heterocycles. The quantitative estimate of drug-likeness (QED) is 0.794. The normalized spacial score (nSPS) is 30.8. The highest BCUT2D eigenvalue weighted by Gasteiger charge is 2.39. The maximum atomic E-state index is 6.05. The molecule has 0 radical (unpaired) electrons. The average Bonchev–Trinajstić information content (AvgIpc) is 2.74. The van der Waals surface area contributed by atoms with Crippen molar-refractivity contribution >= 4 is 0 Å². The molecule has 0 aromatic heterocycles. The molecule has 2 nitrogen and oxygen atoms in total. The van der Waals surface area contributed by atoms with Crippen LogP contribution >= 0.6 is 0 Å². The summed E-state index contributed by atoms with van der Waals surface area (Å²) in [6.07, 6.45) is 9.09. The fourth-order valence-electron chi connectivity index (χ4n) is 3.08. The highest BCUT2D eigenvalue weighted by Crippen LogP contribution is 2.39. The molecule has 0 aromatic rings. The monoisotopic (exact) mass is 225 g/mol. The largest absolute Gasteiger partial charge is 0.375 e. The third-order valence-corrected chi connectivity index (χ3v) is 4.46. The summed E-state index contributed by atoms with van der Waals surface area (Å²) in [6, 6.07) is 0.709. The molecule has 2 unspecified atom stereocenters. The van der Waals surface area contributed by atoms with Crippen LogP contribution in [0.4, 0.5) is 0 Å². The predicted octanol–water partition coefficient (Wildman–Crippen LogP) is 3.11. The van der Waals surface area contributed by atoms with Gasteiger partial charge >= 0.3 is 0 Å². The molecule has 0 amide bonds. The van der Waals surface area contributed by atoms with Gasteiger partial charge in [-0.3, -0.25) is 0 Å². The summed E-state index contributed by atoms with van der Waals surface area (Å²) in [4.78, 5) is 0. The molecule has 16 heavy (non-hydrogen) atoms. The fourth-order valence-corrected chi connectivity index (χ4v) is 3.08. The van der Waals surface area contributed by atoms with E-state index in [9.17, 15) is 0 Å². The standard InChI is InChI=1S/C14H27NO/c1-3-12(2)11-15-13-6-9-16-14(10-13)7-4-5-8-14/h12-13,15H,3-11H2,1-2H3. The average molecular weight is 225 g/mol. The summed E-state index contributed by atoms with van der Waals surface area (Å²) in [5, 5.41) is 3.74. The zero-order chi connectivity index (χ0) is 11.4. The van der Waals surface area contributed by atoms with Crippen molar-refractivity contribution in [2.75, 3.05) is 13.2 Å². The van der Waals surface area contributed by atoms with Gasteiger partial charge in [-0.2, -0.15) is 0 Å². The first-order chi connectivity index (χ1) is 7.74. The molecule has 1 aliphatic heterocycles. The van der Waals surface area contributed by atoms with Crippen molar-refractivity contribution in [2.45, 2.75) is 70.4 Å². The zero-order valence-electron chi connectivity index (χ0n) is 10.9. The molecule has 2 fully saturated rings. The Hall–Kier alpha value is -0.0800. The van der Waals surface area contributed by atoms with Crippen LogP contribution in [0, 0.1) is 5.92 Å². The molecule has 1 saturated carbocycles. The zero-order valence-corrected chi connectivity index (χ0v) is 10.9. The summed E-state index contributed by atoms with van der Waals surface area (Å²) in [5.41, 5.74) is 0.269. The maximum Gasteiger partial charge on any atom is 0.0697 e. The van der Waals surface area contributed by atoms with Crippen LogP contribution in [0.2, 0.25) is 0 Å². The Balaban J connectivity index is 1.78. The van der Waals surface area contributed by atoms with Crippen LogP contribution in [0.25, 0.3) is 0 Å². The van der Waals surface area contributed by atoms with Crippen molar-refractivity contribution in [2.24, 2.45) is 5.92 Å². The Bertz CT molecular complexity index is 211. The highest BCUT2D eigenvalue weighted by molar-refractivity contribution is 4.93. The van der Waals surface area contributed by atoms with E-state index in [0.29, 0.717) is 6.04 Å². The molecule has 94 valence electrons. The molecule has 2 atom stereocenters. The second kappa shape index (κ2) is 5.50. The summed E-state index contributed by atoms with van der Waals surface area (Å²) in [5.74, 6) is 0.808. The van der Waals surface area contributed by atoms with Crippen LogP contribution in [0.5, 0.6) is 0 Å². The van der Waals surface area contributed by atoms with Crippen LogP contribution in [-0.2, 0) is 4.74 Å². The third-order valence-electron chi connectivity index (χ3n) is 4.46. The first-order valence-corrected chi connectivity index (χ1v) is 7.11. The number of rotatable bonds is 4. The Kier molecular flexibility index (Phi) is 4.26. The third kappa shape index (κ3) is 2.98. The van der Waals surface area contributed by atoms with Gasteiger partial charge in [-0.1, -0.05) is 33.1 Å². The summed E-state index contributed by atoms with van der Waals surface area (Å²) in [7, 11) is 0. The fraction of sp³-hybridized carbons (Fsp3) is 1.00. The lowest BCUT2D eigenvalue weighted by atomic mass is 9.88. The second-order valence-electron chi connectivity index (χ2n) is 5.85. The van der Waals surface area contributed by atoms with E-state index < -0.39 is 0 Å². The van der Waals surface area contributed by atoms with E-state index in [0.717, 1.165) is 12.5 Å². The topological polar surface area (TPSA) is 21.3 Å². The Morgan fingerprint density at radius 1 is 1.38 bits per heavy atom. The van der Waals surface area contributed by atoms with Crippen LogP contribution < -0.4 is 5.32 Å². The number of nitrogens with one attached hydrogen (secondary N) is 1. The Morgan fingerprint density at radius 3 is 2.81 bits per heavy atom. The van der Waals surface area contributed by atoms with Gasteiger partial charge < -0.3 is 10.1 Å². The summed E-state index contributed by atoms with van der Waals surface area (Å²) in [6.45, 7) is 6.75. The van der Waals surface area contributed by atoms with Gasteiger partial charge in [0, 0.05) is 12.6 Å². The van der Waals surface area contributed by atoms with E-state index in [-0.39, 0.29) is 5.60 Å². The van der Waals surface area contributed by atoms with E-state index in [1.54, 1.807) is 0 Å². The predicted molar refractivity (Wildman–Crippen MR) is 67.6 cm³/mol. The number of hydrogen-bond donors (Lipinski definition) is 1. The molecule has 1 aliphatic carbocycles. The van der Waals surface area contributed by atoms with Gasteiger partial charge in [-0.05, 0) is 38.1 Å². The van der Waals surface area contributed by atoms with Gasteiger partial charge in [0.1, 0.15) is 0 Å². The van der Waals surface area contributed by atoms with Gasteiger partial charge in [-0.25, -0.2) is 0 Å². The van der Waals surface area contributed by atoms with Crippen molar-refractivity contribution in [1.29, 1.82) is 0 Å². The second-order valence-corrected chi connectivity index (χ2v) is 5.85. The minimum absolute atomic E-state index is 0.269. The molecule has 2 heteroatoms. The highest BCUT2D eigenvalue weighted by atomic mass is 16.5. The number of ether oxygens (including phenoxy) is 1. The molecule has 1 saturated heterocycles. The van der Waals surface area contributed by atoms with Gasteiger partial charge in [0.15, 0.2) is 0 Å². The summed E-state index contributed by atoms with van der Waals surface area (Å²) < 4.78 is 6.05. The molecule has 1 N–H and O–H groups in total. The van der Waals surface area contributed by atoms with E-state index >= 15 is 0 Å². The van der Waals surface area contributed by atoms with Gasteiger partial charge in [0.25, 0.3) is 0 Å². The van der Waals surface area contributed by atoms with Crippen molar-refractivity contribution in [1.82, 2.24) is 5.32 Å². The molecule has 2 aliphatic rings. The van der Waals surface area contributed by atoms with Crippen molar-refractivity contribution < 1.29 is 4.74 Å². The van der Waals surface area contributed by atoms with Gasteiger partial charge in [-0.15, -0.1) is 0 Å². The lowest BCUT2D eigenvalue weighted by Gasteiger charge is -2.39. The van der Waals surface area contributed by atoms with Crippen LogP contribution in [-0.4, -0.2) is 24.8 Å². The van der Waals surface area contributed by atoms with Crippen LogP contribution in [0.15, 0.2) is 0 Å². The smallest absolute Gasteiger partial charge is 0.0697 e. The first-order valence-electron chi connectivity index (χ1n) is 7.11. The minimum Gasteiger partial charge on any atom is -0.375 e. The Labute approximate surface area is 100 Å². The Morgan fingerprint density at radius 2 is 2.12 bits per heavy atom. The maximum absolute atomic E-state index is 6.05. The minimum atomic E-state index is 0.269. The lowest BCUT2D eigenvalue weighted by Crippen LogP contribution is -2.46. The van der Waals surface area contributed by atoms with E-state index in [1.165, 1.54) is 51.5 Å². The van der Waals surface area contributed by atoms with E-state index in [4.69, 9.17) is 4.74 Å². The molecular formula is C14H27NO. The SMILES string of the molecule is CCC(C)CNC1CCOC2(CCCC2)C1. The van der Waals surface area contributed by atoms with Crippen LogP contribution in [0.3, 0.4) is 0 Å². The molecular weight excluding hydrogens is 198 g/mol. The molecule has 0 aromatic carbocycles. The first kappa shape index (κ1) is 12.4. The van der Waals surface area contributed by atoms with Crippen molar-refractivity contribution in [3.8, 4) is 0 Å². The summed E-state index contributed by atoms with van der Waals surface area (Å²) >= 11 is 0. The molecule has 0 bridgehead atoms. The lowest BCUT2D eigenvalue weighted by molar-refractivity contribution is -0.0838. The molecule has 2 rings (SSSR count). The van der Waals surface area contributed by atoms with Gasteiger partial charge in [0.2, 0.25) is 0 Å². The van der Waals surface area contributed by atoms with E-state index in [1.807, 2.05) is 0 Å². The molecule has 1 spiro atoms. The van der Waals surface area contributed by atoms with Crippen molar-refractivity contribution in [3.63, 3.8) is 0 Å². The van der Waals surface area contributed by atoms with Crippen LogP contribution in [0.1, 0.15) is 58.8 Å². The number of hydrogen-bond acceptors (Lipinski definition) is 2.